The monoisotopic (exact) mass is 223 g/mol. The number of benzene rings is 1. The van der Waals surface area contributed by atoms with Crippen molar-refractivity contribution in [3.63, 3.8) is 0 Å². The SMILES string of the molecule is CC1(Cc2ccc(Cl)cc2)CCC(=O)N1. The number of carbonyl (C=O) groups is 1. The van der Waals surface area contributed by atoms with E-state index in [4.69, 9.17) is 11.6 Å². The van der Waals surface area contributed by atoms with Gasteiger partial charge in [-0.1, -0.05) is 23.7 Å². The molecule has 80 valence electrons. The van der Waals surface area contributed by atoms with Gasteiger partial charge in [0.1, 0.15) is 0 Å². The van der Waals surface area contributed by atoms with Crippen molar-refractivity contribution in [2.75, 3.05) is 0 Å². The summed E-state index contributed by atoms with van der Waals surface area (Å²) in [6.07, 6.45) is 2.43. The largest absolute Gasteiger partial charge is 0.351 e. The second kappa shape index (κ2) is 3.86. The number of rotatable bonds is 2. The fourth-order valence-corrected chi connectivity index (χ4v) is 2.16. The van der Waals surface area contributed by atoms with E-state index in [2.05, 4.69) is 12.2 Å². The van der Waals surface area contributed by atoms with Gasteiger partial charge in [-0.2, -0.15) is 0 Å². The number of nitrogens with one attached hydrogen (secondary N) is 1. The van der Waals surface area contributed by atoms with Crippen LogP contribution in [0.25, 0.3) is 0 Å². The highest BCUT2D eigenvalue weighted by Crippen LogP contribution is 2.24. The number of carbonyl (C=O) groups excluding carboxylic acids is 1. The Kier molecular flexibility index (Phi) is 2.70. The summed E-state index contributed by atoms with van der Waals surface area (Å²) in [5.41, 5.74) is 1.13. The fraction of sp³-hybridized carbons (Fsp3) is 0.417. The van der Waals surface area contributed by atoms with Gasteiger partial charge in [-0.05, 0) is 37.5 Å². The minimum absolute atomic E-state index is 0.0785. The zero-order chi connectivity index (χ0) is 10.9. The third-order valence-electron chi connectivity index (χ3n) is 2.85. The lowest BCUT2D eigenvalue weighted by molar-refractivity contribution is -0.119. The lowest BCUT2D eigenvalue weighted by Gasteiger charge is -2.23. The topological polar surface area (TPSA) is 29.1 Å². The summed E-state index contributed by atoms with van der Waals surface area (Å²) in [7, 11) is 0. The van der Waals surface area contributed by atoms with E-state index in [1.54, 1.807) is 0 Å². The van der Waals surface area contributed by atoms with E-state index in [1.807, 2.05) is 24.3 Å². The normalized spacial score (nSPS) is 25.3. The fourth-order valence-electron chi connectivity index (χ4n) is 2.04. The summed E-state index contributed by atoms with van der Waals surface area (Å²) in [5, 5.41) is 3.77. The van der Waals surface area contributed by atoms with Gasteiger partial charge in [-0.25, -0.2) is 0 Å². The molecule has 1 aromatic carbocycles. The van der Waals surface area contributed by atoms with Crippen LogP contribution in [0.4, 0.5) is 0 Å². The van der Waals surface area contributed by atoms with Crippen molar-refractivity contribution < 1.29 is 4.79 Å². The molecule has 1 aromatic rings. The summed E-state index contributed by atoms with van der Waals surface area (Å²) in [6.45, 7) is 2.09. The maximum Gasteiger partial charge on any atom is 0.220 e. The van der Waals surface area contributed by atoms with Crippen molar-refractivity contribution >= 4 is 17.5 Å². The Morgan fingerprint density at radius 1 is 1.40 bits per heavy atom. The lowest BCUT2D eigenvalue weighted by atomic mass is 9.91. The van der Waals surface area contributed by atoms with E-state index in [9.17, 15) is 4.79 Å². The van der Waals surface area contributed by atoms with Crippen molar-refractivity contribution in [1.82, 2.24) is 5.32 Å². The Balaban J connectivity index is 2.08. The molecule has 1 fully saturated rings. The molecular weight excluding hydrogens is 210 g/mol. The van der Waals surface area contributed by atoms with Gasteiger partial charge in [0.2, 0.25) is 5.91 Å². The standard InChI is InChI=1S/C12H14ClNO/c1-12(7-6-11(15)14-12)8-9-2-4-10(13)5-3-9/h2-5H,6-8H2,1H3,(H,14,15). The predicted molar refractivity (Wildman–Crippen MR) is 60.9 cm³/mol. The number of hydrogen-bond acceptors (Lipinski definition) is 1. The average Bonchev–Trinajstić information content (AvgIpc) is 2.50. The van der Waals surface area contributed by atoms with Crippen LogP contribution in [-0.2, 0) is 11.2 Å². The molecule has 1 amide bonds. The van der Waals surface area contributed by atoms with Crippen LogP contribution in [0.15, 0.2) is 24.3 Å². The molecular formula is C12H14ClNO. The van der Waals surface area contributed by atoms with Crippen LogP contribution in [0.2, 0.25) is 5.02 Å². The van der Waals surface area contributed by atoms with Crippen LogP contribution in [0.5, 0.6) is 0 Å². The van der Waals surface area contributed by atoms with Gasteiger partial charge < -0.3 is 5.32 Å². The van der Waals surface area contributed by atoms with Crippen molar-refractivity contribution in [2.24, 2.45) is 0 Å². The molecule has 2 nitrogen and oxygen atoms in total. The smallest absolute Gasteiger partial charge is 0.220 e. The van der Waals surface area contributed by atoms with Crippen LogP contribution in [0.1, 0.15) is 25.3 Å². The van der Waals surface area contributed by atoms with Gasteiger partial charge in [0, 0.05) is 17.0 Å². The number of halogens is 1. The second-order valence-corrected chi connectivity index (χ2v) is 4.85. The molecule has 0 radical (unpaired) electrons. The van der Waals surface area contributed by atoms with E-state index < -0.39 is 0 Å². The average molecular weight is 224 g/mol. The first kappa shape index (κ1) is 10.5. The van der Waals surface area contributed by atoms with E-state index >= 15 is 0 Å². The Bertz CT molecular complexity index is 374. The van der Waals surface area contributed by atoms with Crippen molar-refractivity contribution in [2.45, 2.75) is 31.7 Å². The molecule has 1 aliphatic heterocycles. The molecule has 0 aromatic heterocycles. The highest BCUT2D eigenvalue weighted by molar-refractivity contribution is 6.30. The van der Waals surface area contributed by atoms with E-state index in [-0.39, 0.29) is 11.4 Å². The summed E-state index contributed by atoms with van der Waals surface area (Å²) in [4.78, 5) is 11.2. The molecule has 3 heteroatoms. The zero-order valence-corrected chi connectivity index (χ0v) is 9.47. The third-order valence-corrected chi connectivity index (χ3v) is 3.10. The highest BCUT2D eigenvalue weighted by atomic mass is 35.5. The van der Waals surface area contributed by atoms with Crippen molar-refractivity contribution in [3.8, 4) is 0 Å². The van der Waals surface area contributed by atoms with Crippen LogP contribution >= 0.6 is 11.6 Å². The lowest BCUT2D eigenvalue weighted by Crippen LogP contribution is -2.40. The maximum atomic E-state index is 11.2. The van der Waals surface area contributed by atoms with Crippen molar-refractivity contribution in [1.29, 1.82) is 0 Å². The first-order valence-electron chi connectivity index (χ1n) is 5.13. The molecule has 0 bridgehead atoms. The predicted octanol–water partition coefficient (Wildman–Crippen LogP) is 2.55. The number of hydrogen-bond donors (Lipinski definition) is 1. The first-order valence-corrected chi connectivity index (χ1v) is 5.51. The molecule has 2 rings (SSSR count). The molecule has 1 atom stereocenters. The first-order chi connectivity index (χ1) is 7.07. The van der Waals surface area contributed by atoms with Crippen LogP contribution in [-0.4, -0.2) is 11.4 Å². The summed E-state index contributed by atoms with van der Waals surface area (Å²) in [5.74, 6) is 0.159. The van der Waals surface area contributed by atoms with Gasteiger partial charge in [-0.3, -0.25) is 4.79 Å². The van der Waals surface area contributed by atoms with Gasteiger partial charge in [0.15, 0.2) is 0 Å². The highest BCUT2D eigenvalue weighted by Gasteiger charge is 2.32. The van der Waals surface area contributed by atoms with Gasteiger partial charge >= 0.3 is 0 Å². The number of amides is 1. The summed E-state index contributed by atoms with van der Waals surface area (Å²) in [6, 6.07) is 7.80. The quantitative estimate of drug-likeness (QED) is 0.821. The Labute approximate surface area is 94.6 Å². The minimum atomic E-state index is -0.0785. The molecule has 1 heterocycles. The molecule has 0 spiro atoms. The van der Waals surface area contributed by atoms with E-state index in [0.29, 0.717) is 6.42 Å². The van der Waals surface area contributed by atoms with Gasteiger partial charge in [0.05, 0.1) is 0 Å². The Morgan fingerprint density at radius 3 is 2.60 bits per heavy atom. The van der Waals surface area contributed by atoms with Gasteiger partial charge in [0.25, 0.3) is 0 Å². The maximum absolute atomic E-state index is 11.2. The molecule has 1 aliphatic rings. The van der Waals surface area contributed by atoms with Gasteiger partial charge in [-0.15, -0.1) is 0 Å². The molecule has 1 saturated heterocycles. The van der Waals surface area contributed by atoms with Crippen LogP contribution in [0, 0.1) is 0 Å². The van der Waals surface area contributed by atoms with E-state index in [0.717, 1.165) is 17.9 Å². The molecule has 0 saturated carbocycles. The molecule has 0 aliphatic carbocycles. The zero-order valence-electron chi connectivity index (χ0n) is 8.72. The van der Waals surface area contributed by atoms with E-state index in [1.165, 1.54) is 5.56 Å². The van der Waals surface area contributed by atoms with Crippen LogP contribution < -0.4 is 5.32 Å². The van der Waals surface area contributed by atoms with Crippen LogP contribution in [0.3, 0.4) is 0 Å². The second-order valence-electron chi connectivity index (χ2n) is 4.41. The third kappa shape index (κ3) is 2.51. The van der Waals surface area contributed by atoms with Crippen molar-refractivity contribution in [3.05, 3.63) is 34.9 Å². The summed E-state index contributed by atoms with van der Waals surface area (Å²) >= 11 is 5.82. The summed E-state index contributed by atoms with van der Waals surface area (Å²) < 4.78 is 0. The molecule has 15 heavy (non-hydrogen) atoms. The molecule has 1 N–H and O–H groups in total. The Morgan fingerprint density at radius 2 is 2.07 bits per heavy atom. The minimum Gasteiger partial charge on any atom is -0.351 e. The Hall–Kier alpha value is -1.02. The molecule has 1 unspecified atom stereocenters.